The first-order valence-electron chi connectivity index (χ1n) is 7.52. The molecular formula is C15H27N3O3. The van der Waals surface area contributed by atoms with Gasteiger partial charge in [0, 0.05) is 23.8 Å². The Morgan fingerprint density at radius 3 is 2.10 bits per heavy atom. The predicted molar refractivity (Wildman–Crippen MR) is 80.1 cm³/mol. The Bertz CT molecular complexity index is 415. The van der Waals surface area contributed by atoms with Crippen LogP contribution in [0.4, 0.5) is 0 Å². The summed E-state index contributed by atoms with van der Waals surface area (Å²) in [6.45, 7) is 5.56. The van der Waals surface area contributed by atoms with Gasteiger partial charge >= 0.3 is 0 Å². The number of ketones is 1. The number of nitrogens with two attached hydrogens (primary N) is 2. The fourth-order valence-corrected chi connectivity index (χ4v) is 2.84. The second-order valence-corrected chi connectivity index (χ2v) is 6.81. The van der Waals surface area contributed by atoms with Crippen LogP contribution >= 0.6 is 0 Å². The number of Topliss-reactive ketones (excluding diaryl/α,β-unsaturated/α-hetero) is 1. The lowest BCUT2D eigenvalue weighted by Crippen LogP contribution is -2.52. The Labute approximate surface area is 126 Å². The molecule has 6 nitrogen and oxygen atoms in total. The van der Waals surface area contributed by atoms with Gasteiger partial charge in [-0.3, -0.25) is 14.4 Å². The van der Waals surface area contributed by atoms with Crippen LogP contribution in [0.25, 0.3) is 0 Å². The van der Waals surface area contributed by atoms with Gasteiger partial charge in [-0.25, -0.2) is 0 Å². The number of hydrogen-bond acceptors (Lipinski definition) is 4. The van der Waals surface area contributed by atoms with Gasteiger partial charge < -0.3 is 16.8 Å². The summed E-state index contributed by atoms with van der Waals surface area (Å²) in [5, 5.41) is 2.58. The number of amides is 2. The maximum atomic E-state index is 12.5. The molecule has 0 aliphatic heterocycles. The molecule has 6 heteroatoms. The Balaban J connectivity index is 2.84. The first-order valence-corrected chi connectivity index (χ1v) is 7.52. The van der Waals surface area contributed by atoms with Crippen molar-refractivity contribution in [3.05, 3.63) is 0 Å². The van der Waals surface area contributed by atoms with Crippen molar-refractivity contribution in [3.63, 3.8) is 0 Å². The Morgan fingerprint density at radius 1 is 1.14 bits per heavy atom. The molecular weight excluding hydrogens is 270 g/mol. The summed E-state index contributed by atoms with van der Waals surface area (Å²) in [7, 11) is 0. The van der Waals surface area contributed by atoms with Crippen LogP contribution in [0.15, 0.2) is 0 Å². The quantitative estimate of drug-likeness (QED) is 0.678. The number of rotatable bonds is 5. The third-order valence-corrected chi connectivity index (χ3v) is 4.07. The molecule has 1 rings (SSSR count). The van der Waals surface area contributed by atoms with Crippen LogP contribution in [0.2, 0.25) is 0 Å². The van der Waals surface area contributed by atoms with Crippen molar-refractivity contribution in [2.75, 3.05) is 6.54 Å². The summed E-state index contributed by atoms with van der Waals surface area (Å²) in [5.41, 5.74) is 10.1. The minimum atomic E-state index is -0.871. The number of carbonyl (C=O) groups is 3. The summed E-state index contributed by atoms with van der Waals surface area (Å²) >= 11 is 0. The summed E-state index contributed by atoms with van der Waals surface area (Å²) in [6.07, 6.45) is 3.24. The molecule has 0 heterocycles. The SMILES string of the molecule is CC(C)(C)C(=O)C1CCCCC1C(=O)N[C@H](CN)C(N)=O. The van der Waals surface area contributed by atoms with Crippen molar-refractivity contribution in [1.29, 1.82) is 0 Å². The third kappa shape index (κ3) is 4.52. The minimum absolute atomic E-state index is 0.0360. The fourth-order valence-electron chi connectivity index (χ4n) is 2.84. The van der Waals surface area contributed by atoms with Gasteiger partial charge in [-0.1, -0.05) is 33.6 Å². The molecule has 0 saturated heterocycles. The first-order chi connectivity index (χ1) is 9.68. The van der Waals surface area contributed by atoms with Crippen molar-refractivity contribution in [3.8, 4) is 0 Å². The van der Waals surface area contributed by atoms with Crippen LogP contribution < -0.4 is 16.8 Å². The molecule has 3 atom stereocenters. The van der Waals surface area contributed by atoms with Gasteiger partial charge in [-0.15, -0.1) is 0 Å². The van der Waals surface area contributed by atoms with Crippen LogP contribution in [-0.4, -0.2) is 30.2 Å². The number of hydrogen-bond donors (Lipinski definition) is 3. The van der Waals surface area contributed by atoms with Crippen LogP contribution in [0.1, 0.15) is 46.5 Å². The van der Waals surface area contributed by atoms with Crippen LogP contribution in [-0.2, 0) is 14.4 Å². The van der Waals surface area contributed by atoms with Gasteiger partial charge in [0.25, 0.3) is 0 Å². The van der Waals surface area contributed by atoms with E-state index >= 15 is 0 Å². The van der Waals surface area contributed by atoms with Gasteiger partial charge in [0.2, 0.25) is 11.8 Å². The van der Waals surface area contributed by atoms with Crippen molar-refractivity contribution < 1.29 is 14.4 Å². The van der Waals surface area contributed by atoms with Crippen LogP contribution in [0, 0.1) is 17.3 Å². The van der Waals surface area contributed by atoms with Crippen molar-refractivity contribution in [2.24, 2.45) is 28.7 Å². The highest BCUT2D eigenvalue weighted by Gasteiger charge is 2.40. The standard InChI is InChI=1S/C15H27N3O3/c1-15(2,3)12(19)9-6-4-5-7-10(9)14(21)18-11(8-16)13(17)20/h9-11H,4-8,16H2,1-3H3,(H2,17,20)(H,18,21)/t9?,10?,11-/m1/s1. The van der Waals surface area contributed by atoms with Crippen molar-refractivity contribution in [1.82, 2.24) is 5.32 Å². The van der Waals surface area contributed by atoms with E-state index in [9.17, 15) is 14.4 Å². The van der Waals surface area contributed by atoms with E-state index in [1.807, 2.05) is 20.8 Å². The fraction of sp³-hybridized carbons (Fsp3) is 0.800. The molecule has 0 bridgehead atoms. The normalized spacial score (nSPS) is 24.2. The Kier molecular flexibility index (Phi) is 5.89. The molecule has 0 aromatic rings. The van der Waals surface area contributed by atoms with Gasteiger partial charge in [-0.05, 0) is 12.8 Å². The molecule has 0 aromatic heterocycles. The molecule has 1 saturated carbocycles. The van der Waals surface area contributed by atoms with E-state index in [4.69, 9.17) is 11.5 Å². The molecule has 5 N–H and O–H groups in total. The van der Waals surface area contributed by atoms with E-state index in [-0.39, 0.29) is 30.1 Å². The molecule has 1 aliphatic rings. The first kappa shape index (κ1) is 17.6. The zero-order chi connectivity index (χ0) is 16.2. The van der Waals surface area contributed by atoms with E-state index < -0.39 is 17.4 Å². The van der Waals surface area contributed by atoms with E-state index in [1.54, 1.807) is 0 Å². The Morgan fingerprint density at radius 2 is 1.67 bits per heavy atom. The lowest BCUT2D eigenvalue weighted by Gasteiger charge is -2.34. The lowest BCUT2D eigenvalue weighted by atomic mass is 9.70. The van der Waals surface area contributed by atoms with Gasteiger partial charge in [-0.2, -0.15) is 0 Å². The van der Waals surface area contributed by atoms with Crippen LogP contribution in [0.3, 0.4) is 0 Å². The molecule has 21 heavy (non-hydrogen) atoms. The second-order valence-electron chi connectivity index (χ2n) is 6.81. The maximum Gasteiger partial charge on any atom is 0.241 e. The van der Waals surface area contributed by atoms with Gasteiger partial charge in [0.1, 0.15) is 11.8 Å². The molecule has 0 aromatic carbocycles. The lowest BCUT2D eigenvalue weighted by molar-refractivity contribution is -0.140. The summed E-state index contributed by atoms with van der Waals surface area (Å²) in [5.74, 6) is -1.51. The predicted octanol–water partition coefficient (Wildman–Crippen LogP) is 0.337. The molecule has 120 valence electrons. The monoisotopic (exact) mass is 297 g/mol. The highest BCUT2D eigenvalue weighted by Crippen LogP contribution is 2.35. The van der Waals surface area contributed by atoms with Crippen LogP contribution in [0.5, 0.6) is 0 Å². The highest BCUT2D eigenvalue weighted by atomic mass is 16.2. The third-order valence-electron chi connectivity index (χ3n) is 4.07. The molecule has 0 radical (unpaired) electrons. The molecule has 1 aliphatic carbocycles. The number of nitrogens with one attached hydrogen (secondary N) is 1. The maximum absolute atomic E-state index is 12.5. The smallest absolute Gasteiger partial charge is 0.241 e. The molecule has 1 fully saturated rings. The zero-order valence-electron chi connectivity index (χ0n) is 13.1. The number of carbonyl (C=O) groups excluding carboxylic acids is 3. The van der Waals surface area contributed by atoms with E-state index in [0.717, 1.165) is 19.3 Å². The van der Waals surface area contributed by atoms with E-state index in [0.29, 0.717) is 6.42 Å². The van der Waals surface area contributed by atoms with Crippen molar-refractivity contribution >= 4 is 17.6 Å². The summed E-state index contributed by atoms with van der Waals surface area (Å²) < 4.78 is 0. The average Bonchev–Trinajstić information content (AvgIpc) is 2.42. The summed E-state index contributed by atoms with van der Waals surface area (Å²) in [6, 6.07) is -0.871. The second kappa shape index (κ2) is 7.02. The van der Waals surface area contributed by atoms with Gasteiger partial charge in [0.15, 0.2) is 0 Å². The average molecular weight is 297 g/mol. The van der Waals surface area contributed by atoms with Crippen molar-refractivity contribution in [2.45, 2.75) is 52.5 Å². The van der Waals surface area contributed by atoms with E-state index in [2.05, 4.69) is 5.32 Å². The van der Waals surface area contributed by atoms with E-state index in [1.165, 1.54) is 0 Å². The topological polar surface area (TPSA) is 115 Å². The number of primary amides is 1. The largest absolute Gasteiger partial charge is 0.368 e. The summed E-state index contributed by atoms with van der Waals surface area (Å²) in [4.78, 5) is 36.1. The highest BCUT2D eigenvalue weighted by molar-refractivity contribution is 5.93. The zero-order valence-corrected chi connectivity index (χ0v) is 13.1. The Hall–Kier alpha value is -1.43. The molecule has 0 spiro atoms. The minimum Gasteiger partial charge on any atom is -0.368 e. The molecule has 2 amide bonds. The van der Waals surface area contributed by atoms with Gasteiger partial charge in [0.05, 0.1) is 0 Å². The molecule has 2 unspecified atom stereocenters.